The lowest BCUT2D eigenvalue weighted by molar-refractivity contribution is -0.142. The number of esters is 1. The molecule has 0 saturated heterocycles. The summed E-state index contributed by atoms with van der Waals surface area (Å²) in [6, 6.07) is -0.464. The van der Waals surface area contributed by atoms with Gasteiger partial charge in [0.2, 0.25) is 0 Å². The van der Waals surface area contributed by atoms with E-state index in [9.17, 15) is 4.79 Å². The zero-order valence-corrected chi connectivity index (χ0v) is 12.7. The highest BCUT2D eigenvalue weighted by Crippen LogP contribution is 2.29. The van der Waals surface area contributed by atoms with Crippen molar-refractivity contribution < 1.29 is 9.53 Å². The monoisotopic (exact) mass is 285 g/mol. The number of aromatic nitrogens is 2. The van der Waals surface area contributed by atoms with Gasteiger partial charge in [-0.15, -0.1) is 0 Å². The third-order valence-electron chi connectivity index (χ3n) is 2.83. The lowest BCUT2D eigenvalue weighted by atomic mass is 10.0. The Kier molecular flexibility index (Phi) is 5.54. The normalized spacial score (nSPS) is 12.6. The van der Waals surface area contributed by atoms with Crippen molar-refractivity contribution in [2.24, 2.45) is 5.92 Å². The number of ether oxygens (including phenoxy) is 1. The first-order valence-corrected chi connectivity index (χ1v) is 6.61. The van der Waals surface area contributed by atoms with Gasteiger partial charge in [0.1, 0.15) is 23.3 Å². The molecule has 1 atom stereocenters. The summed E-state index contributed by atoms with van der Waals surface area (Å²) in [5, 5.41) is 3.51. The van der Waals surface area contributed by atoms with Crippen LogP contribution >= 0.6 is 11.6 Å². The molecule has 0 aromatic carbocycles. The quantitative estimate of drug-likeness (QED) is 0.666. The predicted octanol–water partition coefficient (Wildman–Crippen LogP) is 2.86. The SMILES string of the molecule is COC(=O)C(Nc1ncnc(Cl)c1C(C)C)C(C)C. The van der Waals surface area contributed by atoms with Crippen LogP contribution in [-0.2, 0) is 9.53 Å². The molecule has 0 aliphatic rings. The fraction of sp³-hybridized carbons (Fsp3) is 0.615. The highest BCUT2D eigenvalue weighted by atomic mass is 35.5. The highest BCUT2D eigenvalue weighted by molar-refractivity contribution is 6.30. The largest absolute Gasteiger partial charge is 0.467 e. The average molecular weight is 286 g/mol. The number of rotatable bonds is 5. The summed E-state index contributed by atoms with van der Waals surface area (Å²) in [7, 11) is 1.37. The summed E-state index contributed by atoms with van der Waals surface area (Å²) in [6.45, 7) is 7.87. The van der Waals surface area contributed by atoms with Gasteiger partial charge in [0.25, 0.3) is 0 Å². The Labute approximate surface area is 118 Å². The van der Waals surface area contributed by atoms with Crippen LogP contribution in [0, 0.1) is 5.92 Å². The van der Waals surface area contributed by atoms with Crippen molar-refractivity contribution in [3.05, 3.63) is 17.0 Å². The maximum atomic E-state index is 11.8. The first-order valence-electron chi connectivity index (χ1n) is 6.23. The van der Waals surface area contributed by atoms with E-state index in [0.717, 1.165) is 5.56 Å². The Balaban J connectivity index is 3.10. The molecule has 0 spiro atoms. The summed E-state index contributed by atoms with van der Waals surface area (Å²) in [6.07, 6.45) is 1.38. The molecule has 1 N–H and O–H groups in total. The summed E-state index contributed by atoms with van der Waals surface area (Å²) in [4.78, 5) is 19.9. The maximum absolute atomic E-state index is 11.8. The van der Waals surface area contributed by atoms with Crippen LogP contribution in [0.4, 0.5) is 5.82 Å². The molecular weight excluding hydrogens is 266 g/mol. The van der Waals surface area contributed by atoms with E-state index in [1.807, 2.05) is 27.7 Å². The van der Waals surface area contributed by atoms with Gasteiger partial charge in [0, 0.05) is 5.56 Å². The van der Waals surface area contributed by atoms with Gasteiger partial charge in [-0.05, 0) is 11.8 Å². The highest BCUT2D eigenvalue weighted by Gasteiger charge is 2.25. The molecule has 1 unspecified atom stereocenters. The number of anilines is 1. The van der Waals surface area contributed by atoms with E-state index in [1.54, 1.807) is 0 Å². The van der Waals surface area contributed by atoms with Crippen molar-refractivity contribution in [3.8, 4) is 0 Å². The molecule has 1 heterocycles. The number of carbonyl (C=O) groups is 1. The minimum atomic E-state index is -0.464. The number of hydrogen-bond donors (Lipinski definition) is 1. The van der Waals surface area contributed by atoms with Crippen molar-refractivity contribution in [1.82, 2.24) is 9.97 Å². The lowest BCUT2D eigenvalue weighted by Gasteiger charge is -2.22. The zero-order valence-electron chi connectivity index (χ0n) is 11.9. The molecule has 0 fully saturated rings. The van der Waals surface area contributed by atoms with Crippen LogP contribution in [0.15, 0.2) is 6.33 Å². The summed E-state index contributed by atoms with van der Waals surface area (Å²) < 4.78 is 4.80. The Hall–Kier alpha value is -1.36. The van der Waals surface area contributed by atoms with Crippen LogP contribution in [0.1, 0.15) is 39.2 Å². The Morgan fingerprint density at radius 1 is 1.32 bits per heavy atom. The Morgan fingerprint density at radius 3 is 2.42 bits per heavy atom. The molecule has 0 bridgehead atoms. The van der Waals surface area contributed by atoms with E-state index >= 15 is 0 Å². The zero-order chi connectivity index (χ0) is 14.6. The van der Waals surface area contributed by atoms with Crippen LogP contribution in [0.5, 0.6) is 0 Å². The van der Waals surface area contributed by atoms with Crippen LogP contribution < -0.4 is 5.32 Å². The third kappa shape index (κ3) is 3.80. The standard InChI is InChI=1S/C13H20ClN3O2/c1-7(2)9-11(14)15-6-16-12(9)17-10(8(3)4)13(18)19-5/h6-8,10H,1-5H3,(H,15,16,17). The summed E-state index contributed by atoms with van der Waals surface area (Å²) >= 11 is 6.09. The van der Waals surface area contributed by atoms with Crippen LogP contribution in [0.3, 0.4) is 0 Å². The topological polar surface area (TPSA) is 64.1 Å². The van der Waals surface area contributed by atoms with Crippen LogP contribution in [0.2, 0.25) is 5.15 Å². The van der Waals surface area contributed by atoms with Crippen molar-refractivity contribution in [1.29, 1.82) is 0 Å². The van der Waals surface area contributed by atoms with Gasteiger partial charge in [-0.25, -0.2) is 14.8 Å². The molecule has 1 aromatic heterocycles. The third-order valence-corrected chi connectivity index (χ3v) is 3.13. The van der Waals surface area contributed by atoms with Gasteiger partial charge in [0.05, 0.1) is 7.11 Å². The van der Waals surface area contributed by atoms with Crippen LogP contribution in [0.25, 0.3) is 0 Å². The molecule has 0 aliphatic carbocycles. The molecule has 1 rings (SSSR count). The van der Waals surface area contributed by atoms with E-state index in [1.165, 1.54) is 13.4 Å². The van der Waals surface area contributed by atoms with Gasteiger partial charge in [0.15, 0.2) is 0 Å². The second kappa shape index (κ2) is 6.70. The molecule has 19 heavy (non-hydrogen) atoms. The van der Waals surface area contributed by atoms with Crippen molar-refractivity contribution in [2.75, 3.05) is 12.4 Å². The van der Waals surface area contributed by atoms with Crippen molar-refractivity contribution >= 4 is 23.4 Å². The molecule has 6 heteroatoms. The van der Waals surface area contributed by atoms with Gasteiger partial charge < -0.3 is 10.1 Å². The Bertz CT molecular complexity index is 450. The average Bonchev–Trinajstić information content (AvgIpc) is 2.34. The summed E-state index contributed by atoms with van der Waals surface area (Å²) in [5.74, 6) is 0.487. The lowest BCUT2D eigenvalue weighted by Crippen LogP contribution is -2.36. The van der Waals surface area contributed by atoms with E-state index in [0.29, 0.717) is 11.0 Å². The van der Waals surface area contributed by atoms with E-state index in [2.05, 4.69) is 15.3 Å². The molecule has 0 amide bonds. The van der Waals surface area contributed by atoms with E-state index < -0.39 is 6.04 Å². The van der Waals surface area contributed by atoms with Crippen molar-refractivity contribution in [2.45, 2.75) is 39.7 Å². The first kappa shape index (κ1) is 15.7. The van der Waals surface area contributed by atoms with E-state index in [4.69, 9.17) is 16.3 Å². The second-order valence-corrected chi connectivity index (χ2v) is 5.33. The molecule has 0 radical (unpaired) electrons. The first-order chi connectivity index (χ1) is 8.88. The van der Waals surface area contributed by atoms with Crippen LogP contribution in [-0.4, -0.2) is 29.1 Å². The number of nitrogens with zero attached hydrogens (tertiary/aromatic N) is 2. The maximum Gasteiger partial charge on any atom is 0.328 e. The van der Waals surface area contributed by atoms with Crippen molar-refractivity contribution in [3.63, 3.8) is 0 Å². The second-order valence-electron chi connectivity index (χ2n) is 4.97. The van der Waals surface area contributed by atoms with Gasteiger partial charge in [-0.3, -0.25) is 0 Å². The number of methoxy groups -OCH3 is 1. The predicted molar refractivity (Wildman–Crippen MR) is 75.4 cm³/mol. The number of halogens is 1. The number of hydrogen-bond acceptors (Lipinski definition) is 5. The molecular formula is C13H20ClN3O2. The number of nitrogens with one attached hydrogen (secondary N) is 1. The van der Waals surface area contributed by atoms with Gasteiger partial charge in [-0.2, -0.15) is 0 Å². The van der Waals surface area contributed by atoms with E-state index in [-0.39, 0.29) is 17.8 Å². The fourth-order valence-electron chi connectivity index (χ4n) is 1.77. The molecule has 5 nitrogen and oxygen atoms in total. The number of carbonyl (C=O) groups excluding carboxylic acids is 1. The molecule has 0 saturated carbocycles. The van der Waals surface area contributed by atoms with Gasteiger partial charge in [-0.1, -0.05) is 39.3 Å². The minimum Gasteiger partial charge on any atom is -0.467 e. The fourth-order valence-corrected chi connectivity index (χ4v) is 2.12. The Morgan fingerprint density at radius 2 is 1.95 bits per heavy atom. The smallest absolute Gasteiger partial charge is 0.328 e. The molecule has 1 aromatic rings. The summed E-state index contributed by atoms with van der Waals surface area (Å²) in [5.41, 5.74) is 0.804. The van der Waals surface area contributed by atoms with Gasteiger partial charge >= 0.3 is 5.97 Å². The molecule has 106 valence electrons. The molecule has 0 aliphatic heterocycles. The minimum absolute atomic E-state index is 0.0706.